The summed E-state index contributed by atoms with van der Waals surface area (Å²) in [6.07, 6.45) is 3.55. The number of carboxylic acid groups (broad SMARTS) is 1. The fourth-order valence-electron chi connectivity index (χ4n) is 1.38. The molecule has 2 N–H and O–H groups in total. The lowest BCUT2D eigenvalue weighted by molar-refractivity contribution is -0.131. The van der Waals surface area contributed by atoms with Crippen molar-refractivity contribution < 1.29 is 24.5 Å². The minimum absolute atomic E-state index is 0.0960. The summed E-state index contributed by atoms with van der Waals surface area (Å²) < 4.78 is 4.96. The van der Waals surface area contributed by atoms with Gasteiger partial charge < -0.3 is 14.9 Å². The van der Waals surface area contributed by atoms with Crippen molar-refractivity contribution in [2.75, 3.05) is 7.11 Å². The molecule has 0 aliphatic carbocycles. The van der Waals surface area contributed by atoms with Crippen LogP contribution in [-0.4, -0.2) is 29.1 Å². The number of carboxylic acids is 1. The van der Waals surface area contributed by atoms with Gasteiger partial charge in [0.05, 0.1) is 12.7 Å². The highest BCUT2D eigenvalue weighted by Gasteiger charge is 2.09. The minimum atomic E-state index is -1.08. The Morgan fingerprint density at radius 3 is 2.53 bits per heavy atom. The number of ketones is 1. The Labute approximate surface area is 110 Å². The molecule has 0 amide bonds. The topological polar surface area (TPSA) is 83.8 Å². The highest BCUT2D eigenvalue weighted by molar-refractivity contribution is 6.07. The van der Waals surface area contributed by atoms with E-state index in [-0.39, 0.29) is 11.3 Å². The second-order valence-corrected chi connectivity index (χ2v) is 3.81. The van der Waals surface area contributed by atoms with Gasteiger partial charge in [-0.05, 0) is 36.8 Å². The van der Waals surface area contributed by atoms with Gasteiger partial charge in [0.15, 0.2) is 5.78 Å². The molecule has 0 unspecified atom stereocenters. The van der Waals surface area contributed by atoms with E-state index >= 15 is 0 Å². The van der Waals surface area contributed by atoms with Gasteiger partial charge in [-0.2, -0.15) is 0 Å². The predicted molar refractivity (Wildman–Crippen MR) is 69.5 cm³/mol. The molecule has 0 aliphatic heterocycles. The fraction of sp³-hybridized carbons (Fsp3) is 0.143. The van der Waals surface area contributed by atoms with Crippen LogP contribution in [0.1, 0.15) is 17.3 Å². The Morgan fingerprint density at radius 1 is 1.26 bits per heavy atom. The standard InChI is InChI=1S/C14H14O5/c1-9(7-14(17)18)3-5-12(15)11-8-10(19-2)4-6-13(11)16/h3-8,16H,1-2H3,(H,17,18)/b5-3+,9-7+. The zero-order chi connectivity index (χ0) is 14.4. The van der Waals surface area contributed by atoms with Crippen LogP contribution in [0.25, 0.3) is 0 Å². The van der Waals surface area contributed by atoms with Crippen molar-refractivity contribution in [2.45, 2.75) is 6.92 Å². The van der Waals surface area contributed by atoms with Crippen LogP contribution in [0, 0.1) is 0 Å². The number of aromatic hydroxyl groups is 1. The Balaban J connectivity index is 2.95. The number of hydrogen-bond acceptors (Lipinski definition) is 4. The number of rotatable bonds is 5. The van der Waals surface area contributed by atoms with Gasteiger partial charge in [0.25, 0.3) is 0 Å². The number of carbonyl (C=O) groups is 2. The lowest BCUT2D eigenvalue weighted by Gasteiger charge is -2.04. The minimum Gasteiger partial charge on any atom is -0.507 e. The molecule has 5 nitrogen and oxygen atoms in total. The first-order valence-corrected chi connectivity index (χ1v) is 5.44. The van der Waals surface area contributed by atoms with E-state index in [2.05, 4.69) is 0 Å². The van der Waals surface area contributed by atoms with Crippen molar-refractivity contribution in [3.05, 3.63) is 47.6 Å². The van der Waals surface area contributed by atoms with Crippen LogP contribution in [0.15, 0.2) is 42.0 Å². The molecule has 100 valence electrons. The number of methoxy groups -OCH3 is 1. The van der Waals surface area contributed by atoms with Crippen molar-refractivity contribution >= 4 is 11.8 Å². The molecule has 0 aliphatic rings. The molecular formula is C14H14O5. The molecule has 1 aromatic rings. The van der Waals surface area contributed by atoms with Crippen LogP contribution in [0.5, 0.6) is 11.5 Å². The maximum absolute atomic E-state index is 11.8. The Hall–Kier alpha value is -2.56. The Morgan fingerprint density at radius 2 is 1.95 bits per heavy atom. The van der Waals surface area contributed by atoms with E-state index in [4.69, 9.17) is 9.84 Å². The molecule has 1 aromatic carbocycles. The predicted octanol–water partition coefficient (Wildman–Crippen LogP) is 2.17. The van der Waals surface area contributed by atoms with E-state index in [0.717, 1.165) is 6.08 Å². The van der Waals surface area contributed by atoms with Crippen LogP contribution in [0.4, 0.5) is 0 Å². The zero-order valence-electron chi connectivity index (χ0n) is 10.6. The van der Waals surface area contributed by atoms with Gasteiger partial charge in [0, 0.05) is 6.08 Å². The highest BCUT2D eigenvalue weighted by atomic mass is 16.5. The molecule has 0 atom stereocenters. The van der Waals surface area contributed by atoms with Crippen LogP contribution in [0.3, 0.4) is 0 Å². The fourth-order valence-corrected chi connectivity index (χ4v) is 1.38. The second kappa shape index (κ2) is 6.39. The van der Waals surface area contributed by atoms with Crippen molar-refractivity contribution in [2.24, 2.45) is 0 Å². The molecule has 0 radical (unpaired) electrons. The van der Waals surface area contributed by atoms with E-state index in [1.807, 2.05) is 0 Å². The highest BCUT2D eigenvalue weighted by Crippen LogP contribution is 2.23. The molecular weight excluding hydrogens is 248 g/mol. The summed E-state index contributed by atoms with van der Waals surface area (Å²) in [7, 11) is 1.45. The number of carbonyl (C=O) groups excluding carboxylic acids is 1. The van der Waals surface area contributed by atoms with Gasteiger partial charge in [-0.3, -0.25) is 4.79 Å². The monoisotopic (exact) mass is 262 g/mol. The molecule has 0 fully saturated rings. The molecule has 0 saturated carbocycles. The van der Waals surface area contributed by atoms with E-state index in [0.29, 0.717) is 11.3 Å². The third kappa shape index (κ3) is 4.31. The average molecular weight is 262 g/mol. The number of benzene rings is 1. The lowest BCUT2D eigenvalue weighted by Crippen LogP contribution is -1.96. The molecule has 0 spiro atoms. The van der Waals surface area contributed by atoms with Crippen molar-refractivity contribution in [3.8, 4) is 11.5 Å². The third-order valence-corrected chi connectivity index (χ3v) is 2.32. The third-order valence-electron chi connectivity index (χ3n) is 2.32. The van der Waals surface area contributed by atoms with Crippen LogP contribution >= 0.6 is 0 Å². The van der Waals surface area contributed by atoms with Crippen LogP contribution < -0.4 is 4.74 Å². The number of phenolic OH excluding ortho intramolecular Hbond substituents is 1. The SMILES string of the molecule is COc1ccc(O)c(C(=O)/C=C/C(C)=C/C(=O)O)c1. The molecule has 0 saturated heterocycles. The zero-order valence-corrected chi connectivity index (χ0v) is 10.6. The van der Waals surface area contributed by atoms with Crippen LogP contribution in [0.2, 0.25) is 0 Å². The van der Waals surface area contributed by atoms with Crippen molar-refractivity contribution in [1.82, 2.24) is 0 Å². The summed E-state index contributed by atoms with van der Waals surface area (Å²) in [6.45, 7) is 1.56. The number of allylic oxidation sites excluding steroid dienone is 3. The summed E-state index contributed by atoms with van der Waals surface area (Å²) in [5.41, 5.74) is 0.516. The van der Waals surface area contributed by atoms with Crippen molar-refractivity contribution in [3.63, 3.8) is 0 Å². The quantitative estimate of drug-likeness (QED) is 0.482. The lowest BCUT2D eigenvalue weighted by atomic mass is 10.1. The molecule has 0 bridgehead atoms. The number of ether oxygens (including phenoxy) is 1. The maximum atomic E-state index is 11.8. The second-order valence-electron chi connectivity index (χ2n) is 3.81. The first-order valence-electron chi connectivity index (χ1n) is 5.44. The number of aliphatic carboxylic acids is 1. The summed E-state index contributed by atoms with van der Waals surface area (Å²) >= 11 is 0. The maximum Gasteiger partial charge on any atom is 0.328 e. The van der Waals surface area contributed by atoms with E-state index in [1.54, 1.807) is 6.92 Å². The first-order chi connectivity index (χ1) is 8.93. The van der Waals surface area contributed by atoms with Gasteiger partial charge in [-0.15, -0.1) is 0 Å². The van der Waals surface area contributed by atoms with Gasteiger partial charge in [0.1, 0.15) is 11.5 Å². The van der Waals surface area contributed by atoms with Gasteiger partial charge in [0.2, 0.25) is 0 Å². The summed E-state index contributed by atoms with van der Waals surface area (Å²) in [4.78, 5) is 22.3. The van der Waals surface area contributed by atoms with Crippen molar-refractivity contribution in [1.29, 1.82) is 0 Å². The Kier molecular flexibility index (Phi) is 4.88. The Bertz CT molecular complexity index is 555. The normalized spacial score (nSPS) is 11.6. The summed E-state index contributed by atoms with van der Waals surface area (Å²) in [5, 5.41) is 18.1. The van der Waals surface area contributed by atoms with Gasteiger partial charge in [-0.25, -0.2) is 4.79 Å². The van der Waals surface area contributed by atoms with Gasteiger partial charge >= 0.3 is 5.97 Å². The molecule has 0 heterocycles. The largest absolute Gasteiger partial charge is 0.507 e. The number of hydrogen-bond donors (Lipinski definition) is 2. The first kappa shape index (κ1) is 14.5. The van der Waals surface area contributed by atoms with E-state index in [9.17, 15) is 14.7 Å². The molecule has 1 rings (SSSR count). The molecule has 5 heteroatoms. The molecule has 19 heavy (non-hydrogen) atoms. The summed E-state index contributed by atoms with van der Waals surface area (Å²) in [6, 6.07) is 4.31. The van der Waals surface area contributed by atoms with Gasteiger partial charge in [-0.1, -0.05) is 6.08 Å². The summed E-state index contributed by atoms with van der Waals surface area (Å²) in [5.74, 6) is -1.23. The van der Waals surface area contributed by atoms with E-state index < -0.39 is 11.8 Å². The number of phenols is 1. The average Bonchev–Trinajstić information content (AvgIpc) is 2.35. The smallest absolute Gasteiger partial charge is 0.328 e. The molecule has 0 aromatic heterocycles. The van der Waals surface area contributed by atoms with Crippen LogP contribution in [-0.2, 0) is 4.79 Å². The van der Waals surface area contributed by atoms with E-state index in [1.165, 1.54) is 37.5 Å².